The molecule has 34 heavy (non-hydrogen) atoms. The van der Waals surface area contributed by atoms with E-state index in [0.29, 0.717) is 5.06 Å². The molecular weight excluding hydrogens is 440 g/mol. The molecule has 0 saturated carbocycles. The summed E-state index contributed by atoms with van der Waals surface area (Å²) in [4.78, 5) is 65.1. The second-order valence-corrected chi connectivity index (χ2v) is 9.82. The minimum atomic E-state index is -1.03. The molecule has 1 rings (SSSR count). The summed E-state index contributed by atoms with van der Waals surface area (Å²) in [7, 11) is 0. The number of imide groups is 1. The number of nitrogens with one attached hydrogen (secondary N) is 1. The third kappa shape index (κ3) is 12.7. The summed E-state index contributed by atoms with van der Waals surface area (Å²) in [6, 6.07) is -1.03. The second kappa shape index (κ2) is 15.5. The van der Waals surface area contributed by atoms with Gasteiger partial charge in [-0.25, -0.2) is 9.59 Å². The molecule has 0 spiro atoms. The van der Waals surface area contributed by atoms with Gasteiger partial charge >= 0.3 is 11.9 Å². The molecule has 0 aromatic carbocycles. The van der Waals surface area contributed by atoms with Gasteiger partial charge in [0.2, 0.25) is 5.91 Å². The first-order valence-electron chi connectivity index (χ1n) is 12.6. The topological polar surface area (TPSA) is 119 Å². The molecule has 9 nitrogen and oxygen atoms in total. The zero-order valence-electron chi connectivity index (χ0n) is 21.3. The van der Waals surface area contributed by atoms with Gasteiger partial charge in [0.1, 0.15) is 11.6 Å². The van der Waals surface area contributed by atoms with Gasteiger partial charge in [0.25, 0.3) is 11.8 Å². The molecule has 3 amide bonds. The molecule has 1 aliphatic heterocycles. The lowest BCUT2D eigenvalue weighted by Gasteiger charge is -2.24. The molecule has 0 aliphatic carbocycles. The van der Waals surface area contributed by atoms with Gasteiger partial charge < -0.3 is 14.9 Å². The molecule has 0 radical (unpaired) electrons. The smallest absolute Gasteiger partial charge is 0.333 e. The minimum Gasteiger partial charge on any atom is -0.458 e. The van der Waals surface area contributed by atoms with Crippen molar-refractivity contribution in [1.29, 1.82) is 0 Å². The van der Waals surface area contributed by atoms with Crippen LogP contribution in [0.25, 0.3) is 0 Å². The average Bonchev–Trinajstić information content (AvgIpc) is 3.06. The lowest BCUT2D eigenvalue weighted by Crippen LogP contribution is -2.44. The largest absolute Gasteiger partial charge is 0.458 e. The molecule has 1 fully saturated rings. The fourth-order valence-electron chi connectivity index (χ4n) is 3.55. The highest BCUT2D eigenvalue weighted by atomic mass is 16.7. The van der Waals surface area contributed by atoms with Crippen LogP contribution < -0.4 is 5.32 Å². The van der Waals surface area contributed by atoms with Crippen LogP contribution in [-0.2, 0) is 33.5 Å². The van der Waals surface area contributed by atoms with E-state index in [0.717, 1.165) is 25.7 Å². The molecule has 1 aliphatic rings. The van der Waals surface area contributed by atoms with Gasteiger partial charge in [0, 0.05) is 19.3 Å². The first-order chi connectivity index (χ1) is 16.0. The molecule has 1 atom stereocenters. The van der Waals surface area contributed by atoms with E-state index in [1.165, 1.54) is 32.1 Å². The van der Waals surface area contributed by atoms with Crippen LogP contribution in [0, 0.1) is 0 Å². The number of nitrogens with zero attached hydrogens (tertiary/aromatic N) is 1. The van der Waals surface area contributed by atoms with Crippen molar-refractivity contribution in [2.24, 2.45) is 0 Å². The lowest BCUT2D eigenvalue weighted by atomic mass is 10.1. The molecule has 9 heteroatoms. The molecule has 1 N–H and O–H groups in total. The normalized spacial score (nSPS) is 14.8. The molecule has 0 aromatic rings. The van der Waals surface area contributed by atoms with Crippen molar-refractivity contribution in [2.75, 3.05) is 0 Å². The van der Waals surface area contributed by atoms with Crippen LogP contribution in [0.4, 0.5) is 0 Å². The Hall–Kier alpha value is -2.45. The monoisotopic (exact) mass is 482 g/mol. The molecule has 194 valence electrons. The Labute approximate surface area is 203 Å². The van der Waals surface area contributed by atoms with Crippen molar-refractivity contribution in [1.82, 2.24) is 10.4 Å². The van der Waals surface area contributed by atoms with Crippen molar-refractivity contribution >= 4 is 29.7 Å². The van der Waals surface area contributed by atoms with E-state index in [-0.39, 0.29) is 38.0 Å². The van der Waals surface area contributed by atoms with Crippen LogP contribution in [0.3, 0.4) is 0 Å². The van der Waals surface area contributed by atoms with E-state index in [4.69, 9.17) is 9.57 Å². The van der Waals surface area contributed by atoms with E-state index >= 15 is 0 Å². The molecule has 1 saturated heterocycles. The Kier molecular flexibility index (Phi) is 13.4. The zero-order chi connectivity index (χ0) is 25.6. The van der Waals surface area contributed by atoms with Crippen molar-refractivity contribution in [3.63, 3.8) is 0 Å². The Morgan fingerprint density at radius 1 is 0.882 bits per heavy atom. The fraction of sp³-hybridized carbons (Fsp3) is 0.800. The Morgan fingerprint density at radius 3 is 1.94 bits per heavy atom. The van der Waals surface area contributed by atoms with Gasteiger partial charge in [0.05, 0.1) is 6.42 Å². The van der Waals surface area contributed by atoms with Gasteiger partial charge in [-0.15, -0.1) is 5.06 Å². The van der Waals surface area contributed by atoms with Crippen LogP contribution in [-0.4, -0.2) is 46.4 Å². The molecule has 1 heterocycles. The van der Waals surface area contributed by atoms with Crippen molar-refractivity contribution in [3.8, 4) is 0 Å². The number of amides is 3. The second-order valence-electron chi connectivity index (χ2n) is 9.82. The zero-order valence-corrected chi connectivity index (χ0v) is 21.3. The first kappa shape index (κ1) is 29.6. The summed E-state index contributed by atoms with van der Waals surface area (Å²) < 4.78 is 5.37. The summed E-state index contributed by atoms with van der Waals surface area (Å²) in [5.74, 6) is -2.90. The highest BCUT2D eigenvalue weighted by Crippen LogP contribution is 2.15. The SMILES string of the molecule is CCCCCCCCCCCC(=O)N[C@@H](CCC(=O)ON1C(=O)CCC1=O)C(=O)OC(C)(C)C. The number of hydrogen-bond acceptors (Lipinski definition) is 7. The quantitative estimate of drug-likeness (QED) is 0.200. The number of hydroxylamine groups is 2. The number of ether oxygens (including phenoxy) is 1. The summed E-state index contributed by atoms with van der Waals surface area (Å²) >= 11 is 0. The van der Waals surface area contributed by atoms with Gasteiger partial charge in [-0.2, -0.15) is 0 Å². The van der Waals surface area contributed by atoms with Crippen LogP contribution in [0.2, 0.25) is 0 Å². The highest BCUT2D eigenvalue weighted by Gasteiger charge is 2.33. The molecular formula is C25H42N2O7. The lowest BCUT2D eigenvalue weighted by molar-refractivity contribution is -0.197. The number of esters is 1. The Bertz CT molecular complexity index is 684. The fourth-order valence-corrected chi connectivity index (χ4v) is 3.55. The van der Waals surface area contributed by atoms with Crippen molar-refractivity contribution in [3.05, 3.63) is 0 Å². The molecule has 0 unspecified atom stereocenters. The maximum Gasteiger partial charge on any atom is 0.333 e. The highest BCUT2D eigenvalue weighted by molar-refractivity contribution is 6.01. The van der Waals surface area contributed by atoms with Gasteiger partial charge in [-0.3, -0.25) is 14.4 Å². The molecule has 0 bridgehead atoms. The van der Waals surface area contributed by atoms with E-state index in [2.05, 4.69) is 12.2 Å². The Balaban J connectivity index is 2.45. The number of carbonyl (C=O) groups is 5. The van der Waals surface area contributed by atoms with Gasteiger partial charge in [-0.05, 0) is 33.6 Å². The minimum absolute atomic E-state index is 0.00155. The third-order valence-electron chi connectivity index (χ3n) is 5.37. The summed E-state index contributed by atoms with van der Waals surface area (Å²) in [5.41, 5.74) is -0.758. The first-order valence-corrected chi connectivity index (χ1v) is 12.6. The summed E-state index contributed by atoms with van der Waals surface area (Å²) in [6.07, 6.45) is 10.2. The maximum absolute atomic E-state index is 12.6. The number of unbranched alkanes of at least 4 members (excludes halogenated alkanes) is 8. The van der Waals surface area contributed by atoms with Crippen molar-refractivity contribution < 1.29 is 33.5 Å². The summed E-state index contributed by atoms with van der Waals surface area (Å²) in [6.45, 7) is 7.34. The van der Waals surface area contributed by atoms with Crippen LogP contribution in [0.1, 0.15) is 118 Å². The number of hydrogen-bond donors (Lipinski definition) is 1. The van der Waals surface area contributed by atoms with E-state index in [1.807, 2.05) is 0 Å². The predicted octanol–water partition coefficient (Wildman–Crippen LogP) is 4.12. The van der Waals surface area contributed by atoms with E-state index in [9.17, 15) is 24.0 Å². The standard InChI is InChI=1S/C25H42N2O7/c1-5-6-7-8-9-10-11-12-13-14-20(28)26-19(24(32)33-25(2,3)4)15-18-23(31)34-27-21(29)16-17-22(27)30/h19H,5-18H2,1-4H3,(H,26,28)/t19-/m0/s1. The molecule has 0 aromatic heterocycles. The number of carbonyl (C=O) groups excluding carboxylic acids is 5. The van der Waals surface area contributed by atoms with E-state index in [1.54, 1.807) is 20.8 Å². The van der Waals surface area contributed by atoms with Crippen LogP contribution >= 0.6 is 0 Å². The van der Waals surface area contributed by atoms with E-state index < -0.39 is 35.4 Å². The van der Waals surface area contributed by atoms with Crippen molar-refractivity contribution in [2.45, 2.75) is 129 Å². The third-order valence-corrected chi connectivity index (χ3v) is 5.37. The predicted molar refractivity (Wildman–Crippen MR) is 126 cm³/mol. The number of rotatable bonds is 16. The summed E-state index contributed by atoms with van der Waals surface area (Å²) in [5, 5.41) is 3.13. The van der Waals surface area contributed by atoms with Crippen LogP contribution in [0.5, 0.6) is 0 Å². The van der Waals surface area contributed by atoms with Crippen LogP contribution in [0.15, 0.2) is 0 Å². The maximum atomic E-state index is 12.6. The Morgan fingerprint density at radius 2 is 1.41 bits per heavy atom. The van der Waals surface area contributed by atoms with Gasteiger partial charge in [0.15, 0.2) is 0 Å². The van der Waals surface area contributed by atoms with Gasteiger partial charge in [-0.1, -0.05) is 58.3 Å². The average molecular weight is 483 g/mol.